The fourth-order valence-electron chi connectivity index (χ4n) is 3.16. The lowest BCUT2D eigenvalue weighted by molar-refractivity contribution is 0.751. The Balaban J connectivity index is 1.63. The molecule has 1 aromatic heterocycles. The molecular formula is C20H19BrN4. The molecule has 0 radical (unpaired) electrons. The predicted octanol–water partition coefficient (Wildman–Crippen LogP) is 5.38. The molecule has 25 heavy (non-hydrogen) atoms. The molecule has 0 spiro atoms. The molecule has 0 atom stereocenters. The summed E-state index contributed by atoms with van der Waals surface area (Å²) in [4.78, 5) is 11.4. The fraction of sp³-hybridized carbons (Fsp3) is 0.200. The van der Waals surface area contributed by atoms with Crippen molar-refractivity contribution in [2.24, 2.45) is 0 Å². The summed E-state index contributed by atoms with van der Waals surface area (Å²) >= 11 is 3.53. The largest absolute Gasteiger partial charge is 0.340 e. The highest BCUT2D eigenvalue weighted by atomic mass is 79.9. The van der Waals surface area contributed by atoms with Crippen LogP contribution in [0, 0.1) is 6.92 Å². The number of hydrogen-bond donors (Lipinski definition) is 1. The molecule has 0 aliphatic carbocycles. The second-order valence-corrected chi connectivity index (χ2v) is 7.07. The fourth-order valence-corrected chi connectivity index (χ4v) is 3.41. The topological polar surface area (TPSA) is 41.1 Å². The minimum Gasteiger partial charge on any atom is -0.340 e. The molecule has 2 aromatic carbocycles. The lowest BCUT2D eigenvalue weighted by Crippen LogP contribution is -2.26. The van der Waals surface area contributed by atoms with Crippen molar-refractivity contribution in [3.8, 4) is 0 Å². The first-order valence-corrected chi connectivity index (χ1v) is 9.22. The quantitative estimate of drug-likeness (QED) is 0.647. The summed E-state index contributed by atoms with van der Waals surface area (Å²) < 4.78 is 1.10. The molecule has 0 unspecified atom stereocenters. The van der Waals surface area contributed by atoms with Gasteiger partial charge < -0.3 is 10.2 Å². The third-order valence-electron chi connectivity index (χ3n) is 4.42. The average molecular weight is 395 g/mol. The molecule has 0 fully saturated rings. The van der Waals surface area contributed by atoms with Gasteiger partial charge in [0.15, 0.2) is 0 Å². The number of para-hydroxylation sites is 1. The van der Waals surface area contributed by atoms with Crippen molar-refractivity contribution < 1.29 is 0 Å². The van der Waals surface area contributed by atoms with Crippen LogP contribution < -0.4 is 10.2 Å². The summed E-state index contributed by atoms with van der Waals surface area (Å²) in [7, 11) is 0. The smallest absolute Gasteiger partial charge is 0.231 e. The first-order chi connectivity index (χ1) is 12.2. The van der Waals surface area contributed by atoms with Gasteiger partial charge in [0, 0.05) is 28.6 Å². The van der Waals surface area contributed by atoms with Gasteiger partial charge in [-0.15, -0.1) is 0 Å². The van der Waals surface area contributed by atoms with Crippen LogP contribution in [0.1, 0.15) is 17.5 Å². The summed E-state index contributed by atoms with van der Waals surface area (Å²) in [6.07, 6.45) is 4.04. The first-order valence-electron chi connectivity index (χ1n) is 8.42. The Hall–Kier alpha value is -2.40. The number of rotatable bonds is 3. The molecule has 2 heterocycles. The van der Waals surface area contributed by atoms with Crippen molar-refractivity contribution in [2.75, 3.05) is 16.8 Å². The van der Waals surface area contributed by atoms with Crippen molar-refractivity contribution in [1.82, 2.24) is 9.97 Å². The van der Waals surface area contributed by atoms with Gasteiger partial charge in [0.05, 0.1) is 0 Å². The zero-order valence-corrected chi connectivity index (χ0v) is 15.6. The van der Waals surface area contributed by atoms with E-state index in [2.05, 4.69) is 68.4 Å². The zero-order valence-electron chi connectivity index (χ0n) is 14.0. The van der Waals surface area contributed by atoms with Crippen LogP contribution in [0.2, 0.25) is 0 Å². The third kappa shape index (κ3) is 3.37. The van der Waals surface area contributed by atoms with Crippen molar-refractivity contribution in [1.29, 1.82) is 0 Å². The van der Waals surface area contributed by atoms with E-state index in [0.29, 0.717) is 0 Å². The van der Waals surface area contributed by atoms with Crippen molar-refractivity contribution in [3.05, 3.63) is 70.3 Å². The lowest BCUT2D eigenvalue weighted by atomic mass is 10.0. The summed E-state index contributed by atoms with van der Waals surface area (Å²) in [6, 6.07) is 16.6. The van der Waals surface area contributed by atoms with Gasteiger partial charge in [-0.1, -0.05) is 34.1 Å². The number of benzene rings is 2. The maximum absolute atomic E-state index is 4.73. The highest BCUT2D eigenvalue weighted by Crippen LogP contribution is 2.32. The number of aromatic nitrogens is 2. The number of nitrogens with one attached hydrogen (secondary N) is 1. The number of hydrogen-bond acceptors (Lipinski definition) is 4. The molecule has 0 saturated heterocycles. The summed E-state index contributed by atoms with van der Waals surface area (Å²) in [6.45, 7) is 3.02. The molecule has 3 aromatic rings. The van der Waals surface area contributed by atoms with Crippen LogP contribution in [-0.4, -0.2) is 16.5 Å². The Bertz CT molecular complexity index is 910. The van der Waals surface area contributed by atoms with Gasteiger partial charge in [0.1, 0.15) is 5.82 Å². The molecule has 4 rings (SSSR count). The molecule has 5 heteroatoms. The van der Waals surface area contributed by atoms with E-state index in [1.54, 1.807) is 0 Å². The van der Waals surface area contributed by atoms with E-state index in [1.165, 1.54) is 16.8 Å². The van der Waals surface area contributed by atoms with Gasteiger partial charge in [0.2, 0.25) is 5.95 Å². The maximum Gasteiger partial charge on any atom is 0.231 e. The van der Waals surface area contributed by atoms with Crippen LogP contribution in [0.4, 0.5) is 23.1 Å². The number of fused-ring (bicyclic) bond motifs is 1. The molecule has 4 nitrogen and oxygen atoms in total. The minimum absolute atomic E-state index is 0.742. The minimum atomic E-state index is 0.742. The average Bonchev–Trinajstić information content (AvgIpc) is 2.64. The van der Waals surface area contributed by atoms with Crippen molar-refractivity contribution >= 4 is 39.1 Å². The zero-order chi connectivity index (χ0) is 17.2. The van der Waals surface area contributed by atoms with E-state index < -0.39 is 0 Å². The molecule has 126 valence electrons. The highest BCUT2D eigenvalue weighted by molar-refractivity contribution is 9.10. The van der Waals surface area contributed by atoms with Crippen LogP contribution in [0.5, 0.6) is 0 Å². The van der Waals surface area contributed by atoms with Gasteiger partial charge in [-0.25, -0.2) is 4.98 Å². The second kappa shape index (κ2) is 6.84. The van der Waals surface area contributed by atoms with E-state index in [-0.39, 0.29) is 0 Å². The van der Waals surface area contributed by atoms with Crippen LogP contribution >= 0.6 is 15.9 Å². The lowest BCUT2D eigenvalue weighted by Gasteiger charge is -2.29. The standard InChI is InChI=1S/C20H19BrN4/c1-14-13-16(8-9-17(14)21)23-19-10-11-22-20(24-19)25-12-4-6-15-5-2-3-7-18(15)25/h2-3,5,7-11,13H,4,6,12H2,1H3,(H,22,23,24). The van der Waals surface area contributed by atoms with E-state index in [0.717, 1.165) is 41.3 Å². The summed E-state index contributed by atoms with van der Waals surface area (Å²) in [5.41, 5.74) is 4.78. The SMILES string of the molecule is Cc1cc(Nc2ccnc(N3CCCc4ccccc43)n2)ccc1Br. The highest BCUT2D eigenvalue weighted by Gasteiger charge is 2.19. The monoisotopic (exact) mass is 394 g/mol. The molecule has 1 aliphatic rings. The Kier molecular flexibility index (Phi) is 4.40. The second-order valence-electron chi connectivity index (χ2n) is 6.21. The van der Waals surface area contributed by atoms with E-state index in [1.807, 2.05) is 24.4 Å². The van der Waals surface area contributed by atoms with Crippen molar-refractivity contribution in [3.63, 3.8) is 0 Å². The molecular weight excluding hydrogens is 376 g/mol. The van der Waals surface area contributed by atoms with Gasteiger partial charge in [0.25, 0.3) is 0 Å². The maximum atomic E-state index is 4.73. The number of nitrogens with zero attached hydrogens (tertiary/aromatic N) is 3. The molecule has 1 N–H and O–H groups in total. The van der Waals surface area contributed by atoms with Gasteiger partial charge in [-0.3, -0.25) is 0 Å². The van der Waals surface area contributed by atoms with E-state index in [4.69, 9.17) is 4.98 Å². The number of halogens is 1. The van der Waals surface area contributed by atoms with Crippen LogP contribution in [-0.2, 0) is 6.42 Å². The van der Waals surface area contributed by atoms with E-state index in [9.17, 15) is 0 Å². The first kappa shape index (κ1) is 16.1. The number of anilines is 4. The van der Waals surface area contributed by atoms with Crippen molar-refractivity contribution in [2.45, 2.75) is 19.8 Å². The molecule has 0 amide bonds. The summed E-state index contributed by atoms with van der Waals surface area (Å²) in [5.74, 6) is 1.54. The van der Waals surface area contributed by atoms with Crippen LogP contribution in [0.15, 0.2) is 59.2 Å². The molecule has 0 saturated carbocycles. The Labute approximate surface area is 156 Å². The van der Waals surface area contributed by atoms with Gasteiger partial charge >= 0.3 is 0 Å². The Morgan fingerprint density at radius 1 is 1.12 bits per heavy atom. The molecule has 1 aliphatic heterocycles. The van der Waals surface area contributed by atoms with Gasteiger partial charge in [-0.05, 0) is 61.2 Å². The molecule has 0 bridgehead atoms. The normalized spacial score (nSPS) is 13.4. The van der Waals surface area contributed by atoms with Crippen LogP contribution in [0.25, 0.3) is 0 Å². The van der Waals surface area contributed by atoms with E-state index >= 15 is 0 Å². The summed E-state index contributed by atoms with van der Waals surface area (Å²) in [5, 5.41) is 3.38. The van der Waals surface area contributed by atoms with Crippen LogP contribution in [0.3, 0.4) is 0 Å². The van der Waals surface area contributed by atoms with Gasteiger partial charge in [-0.2, -0.15) is 4.98 Å². The third-order valence-corrected chi connectivity index (χ3v) is 5.31. The Morgan fingerprint density at radius 3 is 2.88 bits per heavy atom. The predicted molar refractivity (Wildman–Crippen MR) is 106 cm³/mol. The Morgan fingerprint density at radius 2 is 2.00 bits per heavy atom. The number of aryl methyl sites for hydroxylation is 2.